The predicted molar refractivity (Wildman–Crippen MR) is 65.2 cm³/mol. The van der Waals surface area contributed by atoms with Crippen LogP contribution < -0.4 is 5.32 Å². The monoisotopic (exact) mass is 268 g/mol. The number of anilines is 1. The maximum absolute atomic E-state index is 11.6. The third-order valence-electron chi connectivity index (χ3n) is 2.42. The van der Waals surface area contributed by atoms with E-state index in [-0.39, 0.29) is 11.3 Å². The molecule has 8 heteroatoms. The number of rotatable bonds is 5. The Labute approximate surface area is 108 Å². The summed E-state index contributed by atoms with van der Waals surface area (Å²) in [7, 11) is 1.33. The summed E-state index contributed by atoms with van der Waals surface area (Å²) in [6.45, 7) is 1.48. The van der Waals surface area contributed by atoms with Crippen LogP contribution in [0.5, 0.6) is 0 Å². The van der Waals surface area contributed by atoms with Crippen LogP contribution in [0.25, 0.3) is 0 Å². The summed E-state index contributed by atoms with van der Waals surface area (Å²) in [5.74, 6) is -1.85. The predicted octanol–water partition coefficient (Wildman–Crippen LogP) is 1.27. The molecule has 0 spiro atoms. The van der Waals surface area contributed by atoms with E-state index in [9.17, 15) is 19.7 Å². The van der Waals surface area contributed by atoms with Crippen LogP contribution in [0.1, 0.15) is 17.3 Å². The normalized spacial score (nSPS) is 11.7. The average Bonchev–Trinajstić information content (AvgIpc) is 2.37. The molecular weight excluding hydrogens is 256 g/mol. The fraction of sp³-hybridized carbons (Fsp3) is 0.273. The summed E-state index contributed by atoms with van der Waals surface area (Å²) in [6.07, 6.45) is -0.779. The molecule has 1 atom stereocenters. The van der Waals surface area contributed by atoms with Gasteiger partial charge in [0.2, 0.25) is 0 Å². The van der Waals surface area contributed by atoms with Crippen molar-refractivity contribution in [3.63, 3.8) is 0 Å². The van der Waals surface area contributed by atoms with Crippen LogP contribution in [0.2, 0.25) is 0 Å². The number of nitro groups is 1. The summed E-state index contributed by atoms with van der Waals surface area (Å²) < 4.78 is 4.77. The molecule has 0 aliphatic rings. The number of carboxylic acids is 1. The second kappa shape index (κ2) is 5.91. The van der Waals surface area contributed by atoms with Gasteiger partial charge in [-0.25, -0.2) is 4.79 Å². The number of benzene rings is 1. The van der Waals surface area contributed by atoms with Crippen LogP contribution in [0, 0.1) is 10.1 Å². The van der Waals surface area contributed by atoms with Crippen molar-refractivity contribution >= 4 is 23.3 Å². The van der Waals surface area contributed by atoms with Gasteiger partial charge in [0, 0.05) is 13.2 Å². The van der Waals surface area contributed by atoms with Gasteiger partial charge in [0.25, 0.3) is 11.6 Å². The molecule has 0 aromatic heterocycles. The fourth-order valence-corrected chi connectivity index (χ4v) is 1.26. The molecule has 0 radical (unpaired) electrons. The number of aromatic carboxylic acids is 1. The molecule has 0 saturated heterocycles. The zero-order valence-corrected chi connectivity index (χ0v) is 10.2. The van der Waals surface area contributed by atoms with Gasteiger partial charge in [0.15, 0.2) is 0 Å². The second-order valence-electron chi connectivity index (χ2n) is 3.66. The molecular formula is C11H12N2O6. The number of carboxylic acid groups (broad SMARTS) is 1. The Morgan fingerprint density at radius 2 is 2.11 bits per heavy atom. The van der Waals surface area contributed by atoms with E-state index < -0.39 is 28.6 Å². The van der Waals surface area contributed by atoms with Gasteiger partial charge in [-0.05, 0) is 19.1 Å². The van der Waals surface area contributed by atoms with Crippen molar-refractivity contribution in [1.29, 1.82) is 0 Å². The maximum Gasteiger partial charge on any atom is 0.335 e. The van der Waals surface area contributed by atoms with Crippen LogP contribution in [-0.4, -0.2) is 35.1 Å². The third kappa shape index (κ3) is 3.49. The van der Waals surface area contributed by atoms with Gasteiger partial charge in [0.1, 0.15) is 11.8 Å². The molecule has 1 aromatic carbocycles. The van der Waals surface area contributed by atoms with E-state index in [0.717, 1.165) is 6.07 Å². The number of amides is 1. The van der Waals surface area contributed by atoms with Gasteiger partial charge >= 0.3 is 5.97 Å². The Balaban J connectivity index is 3.10. The fourth-order valence-electron chi connectivity index (χ4n) is 1.26. The van der Waals surface area contributed by atoms with Crippen molar-refractivity contribution < 1.29 is 24.4 Å². The standard InChI is InChI=1S/C11H12N2O6/c1-6(19-2)10(14)12-8-4-3-7(11(15)16)5-9(8)13(17)18/h3-6H,1-2H3,(H,12,14)(H,15,16). The van der Waals surface area contributed by atoms with Crippen molar-refractivity contribution in [2.45, 2.75) is 13.0 Å². The largest absolute Gasteiger partial charge is 0.478 e. The Bertz CT molecular complexity index is 528. The van der Waals surface area contributed by atoms with Crippen molar-refractivity contribution in [2.75, 3.05) is 12.4 Å². The Morgan fingerprint density at radius 1 is 1.47 bits per heavy atom. The van der Waals surface area contributed by atoms with Crippen LogP contribution >= 0.6 is 0 Å². The van der Waals surface area contributed by atoms with Gasteiger partial charge in [-0.3, -0.25) is 14.9 Å². The number of hydrogen-bond donors (Lipinski definition) is 2. The molecule has 1 rings (SSSR count). The Morgan fingerprint density at radius 3 is 2.58 bits per heavy atom. The van der Waals surface area contributed by atoms with E-state index >= 15 is 0 Å². The zero-order valence-electron chi connectivity index (χ0n) is 10.2. The molecule has 0 bridgehead atoms. The second-order valence-corrected chi connectivity index (χ2v) is 3.66. The number of carbonyl (C=O) groups excluding carboxylic acids is 1. The van der Waals surface area contributed by atoms with E-state index in [4.69, 9.17) is 9.84 Å². The summed E-state index contributed by atoms with van der Waals surface area (Å²) in [4.78, 5) is 32.4. The average molecular weight is 268 g/mol. The summed E-state index contributed by atoms with van der Waals surface area (Å²) >= 11 is 0. The minimum Gasteiger partial charge on any atom is -0.478 e. The summed E-state index contributed by atoms with van der Waals surface area (Å²) in [5, 5.41) is 21.9. The number of nitrogens with zero attached hydrogens (tertiary/aromatic N) is 1. The molecule has 0 heterocycles. The molecule has 2 N–H and O–H groups in total. The third-order valence-corrected chi connectivity index (χ3v) is 2.42. The quantitative estimate of drug-likeness (QED) is 0.613. The van der Waals surface area contributed by atoms with E-state index in [1.807, 2.05) is 0 Å². The summed E-state index contributed by atoms with van der Waals surface area (Å²) in [6, 6.07) is 3.22. The Hall–Kier alpha value is -2.48. The number of nitrogens with one attached hydrogen (secondary N) is 1. The van der Waals surface area contributed by atoms with Gasteiger partial charge < -0.3 is 15.2 Å². The lowest BCUT2D eigenvalue weighted by Gasteiger charge is -2.10. The molecule has 102 valence electrons. The lowest BCUT2D eigenvalue weighted by Crippen LogP contribution is -2.26. The van der Waals surface area contributed by atoms with Crippen LogP contribution in [0.15, 0.2) is 18.2 Å². The highest BCUT2D eigenvalue weighted by Gasteiger charge is 2.20. The maximum atomic E-state index is 11.6. The van der Waals surface area contributed by atoms with Gasteiger partial charge in [-0.1, -0.05) is 0 Å². The van der Waals surface area contributed by atoms with E-state index in [2.05, 4.69) is 5.32 Å². The molecule has 0 aliphatic heterocycles. The minimum atomic E-state index is -1.29. The number of methoxy groups -OCH3 is 1. The van der Waals surface area contributed by atoms with Gasteiger partial charge in [-0.2, -0.15) is 0 Å². The molecule has 8 nitrogen and oxygen atoms in total. The van der Waals surface area contributed by atoms with Crippen molar-refractivity contribution in [1.82, 2.24) is 0 Å². The first-order valence-corrected chi connectivity index (χ1v) is 5.22. The number of ether oxygens (including phenoxy) is 1. The van der Waals surface area contributed by atoms with E-state index in [1.165, 1.54) is 26.2 Å². The SMILES string of the molecule is COC(C)C(=O)Nc1ccc(C(=O)O)cc1[N+](=O)[O-]. The molecule has 0 fully saturated rings. The lowest BCUT2D eigenvalue weighted by molar-refractivity contribution is -0.384. The smallest absolute Gasteiger partial charge is 0.335 e. The lowest BCUT2D eigenvalue weighted by atomic mass is 10.1. The van der Waals surface area contributed by atoms with Crippen LogP contribution in [-0.2, 0) is 9.53 Å². The minimum absolute atomic E-state index is 0.0797. The Kier molecular flexibility index (Phi) is 4.54. The van der Waals surface area contributed by atoms with Gasteiger partial charge in [0.05, 0.1) is 10.5 Å². The van der Waals surface area contributed by atoms with Crippen LogP contribution in [0.3, 0.4) is 0 Å². The van der Waals surface area contributed by atoms with Crippen molar-refractivity contribution in [2.24, 2.45) is 0 Å². The van der Waals surface area contributed by atoms with Crippen molar-refractivity contribution in [3.8, 4) is 0 Å². The topological polar surface area (TPSA) is 119 Å². The summed E-state index contributed by atoms with van der Waals surface area (Å²) in [5.41, 5.74) is -0.801. The van der Waals surface area contributed by atoms with Gasteiger partial charge in [-0.15, -0.1) is 0 Å². The first-order chi connectivity index (χ1) is 8.86. The zero-order chi connectivity index (χ0) is 14.6. The molecule has 19 heavy (non-hydrogen) atoms. The highest BCUT2D eigenvalue weighted by Crippen LogP contribution is 2.25. The van der Waals surface area contributed by atoms with E-state index in [0.29, 0.717) is 0 Å². The van der Waals surface area contributed by atoms with Crippen molar-refractivity contribution in [3.05, 3.63) is 33.9 Å². The molecule has 1 aromatic rings. The van der Waals surface area contributed by atoms with E-state index in [1.54, 1.807) is 0 Å². The first-order valence-electron chi connectivity index (χ1n) is 5.22. The van der Waals surface area contributed by atoms with Crippen LogP contribution in [0.4, 0.5) is 11.4 Å². The highest BCUT2D eigenvalue weighted by atomic mass is 16.6. The number of carbonyl (C=O) groups is 2. The molecule has 1 amide bonds. The molecule has 0 aliphatic carbocycles. The number of nitro benzene ring substituents is 1. The highest BCUT2D eigenvalue weighted by molar-refractivity contribution is 5.97. The number of hydrogen-bond acceptors (Lipinski definition) is 5. The molecule has 0 saturated carbocycles. The first kappa shape index (κ1) is 14.6. The molecule has 1 unspecified atom stereocenters.